The van der Waals surface area contributed by atoms with E-state index >= 15 is 0 Å². The van der Waals surface area contributed by atoms with Crippen molar-refractivity contribution in [3.63, 3.8) is 0 Å². The molecule has 1 amide bonds. The number of aromatic nitrogens is 2. The molecule has 1 heterocycles. The summed E-state index contributed by atoms with van der Waals surface area (Å²) < 4.78 is 1.92. The second-order valence-electron chi connectivity index (χ2n) is 4.13. The molecule has 17 heavy (non-hydrogen) atoms. The molecule has 2 rings (SSSR count). The molecule has 90 valence electrons. The zero-order valence-corrected chi connectivity index (χ0v) is 9.81. The number of carbonyl (C=O) groups is 1. The number of hydrogen-bond acceptors (Lipinski definition) is 3. The maximum absolute atomic E-state index is 10.7. The van der Waals surface area contributed by atoms with E-state index in [1.807, 2.05) is 29.7 Å². The van der Waals surface area contributed by atoms with Crippen LogP contribution in [0.15, 0.2) is 18.2 Å². The van der Waals surface area contributed by atoms with Crippen molar-refractivity contribution in [1.82, 2.24) is 9.55 Å². The highest BCUT2D eigenvalue weighted by molar-refractivity contribution is 5.81. The van der Waals surface area contributed by atoms with E-state index in [2.05, 4.69) is 4.98 Å². The molecule has 0 radical (unpaired) electrons. The van der Waals surface area contributed by atoms with Crippen LogP contribution in [0.2, 0.25) is 0 Å². The number of benzene rings is 1. The lowest BCUT2D eigenvalue weighted by Gasteiger charge is -2.05. The molecule has 1 aromatic heterocycles. The summed E-state index contributed by atoms with van der Waals surface area (Å²) in [4.78, 5) is 15.0. The molecule has 0 bridgehead atoms. The number of imidazole rings is 1. The highest BCUT2D eigenvalue weighted by atomic mass is 16.1. The number of fused-ring (bicyclic) bond motifs is 1. The summed E-state index contributed by atoms with van der Waals surface area (Å²) in [5, 5.41) is 0. The van der Waals surface area contributed by atoms with Crippen LogP contribution in [0.25, 0.3) is 11.0 Å². The minimum Gasteiger partial charge on any atom is -0.370 e. The zero-order chi connectivity index (χ0) is 12.4. The molecular formula is C12H16N4O. The van der Waals surface area contributed by atoms with E-state index in [1.54, 1.807) is 0 Å². The molecule has 0 aliphatic heterocycles. The number of rotatable bonds is 4. The molecule has 2 aromatic rings. The SMILES string of the molecule is Cc1cccc2c1nc(N)n2CCCC(N)=O. The van der Waals surface area contributed by atoms with Crippen molar-refractivity contribution in [2.75, 3.05) is 5.73 Å². The van der Waals surface area contributed by atoms with Crippen LogP contribution in [0.5, 0.6) is 0 Å². The quantitative estimate of drug-likeness (QED) is 0.830. The number of para-hydroxylation sites is 1. The minimum atomic E-state index is -0.288. The van der Waals surface area contributed by atoms with Crippen LogP contribution < -0.4 is 11.5 Å². The first kappa shape index (κ1) is 11.4. The molecule has 0 fully saturated rings. The summed E-state index contributed by atoms with van der Waals surface area (Å²) in [6.45, 7) is 2.66. The van der Waals surface area contributed by atoms with Gasteiger partial charge in [-0.3, -0.25) is 4.79 Å². The second kappa shape index (κ2) is 4.45. The van der Waals surface area contributed by atoms with Gasteiger partial charge in [-0.05, 0) is 25.0 Å². The van der Waals surface area contributed by atoms with Crippen LogP contribution in [-0.2, 0) is 11.3 Å². The van der Waals surface area contributed by atoms with E-state index in [0.717, 1.165) is 16.6 Å². The Morgan fingerprint density at radius 3 is 2.94 bits per heavy atom. The second-order valence-corrected chi connectivity index (χ2v) is 4.13. The highest BCUT2D eigenvalue weighted by Crippen LogP contribution is 2.21. The van der Waals surface area contributed by atoms with Crippen LogP contribution in [0.3, 0.4) is 0 Å². The van der Waals surface area contributed by atoms with Crippen LogP contribution in [0.1, 0.15) is 18.4 Å². The van der Waals surface area contributed by atoms with Gasteiger partial charge in [0.2, 0.25) is 11.9 Å². The monoisotopic (exact) mass is 232 g/mol. The Kier molecular flexibility index (Phi) is 2.99. The smallest absolute Gasteiger partial charge is 0.217 e. The summed E-state index contributed by atoms with van der Waals surface area (Å²) in [6, 6.07) is 5.96. The number of aryl methyl sites for hydroxylation is 2. The number of nitrogens with two attached hydrogens (primary N) is 2. The molecule has 4 N–H and O–H groups in total. The van der Waals surface area contributed by atoms with Crippen LogP contribution in [-0.4, -0.2) is 15.5 Å². The topological polar surface area (TPSA) is 86.9 Å². The number of amides is 1. The van der Waals surface area contributed by atoms with Gasteiger partial charge in [-0.15, -0.1) is 0 Å². The molecule has 1 aromatic carbocycles. The lowest BCUT2D eigenvalue weighted by molar-refractivity contribution is -0.118. The Hall–Kier alpha value is -2.04. The lowest BCUT2D eigenvalue weighted by Crippen LogP contribution is -2.12. The van der Waals surface area contributed by atoms with Crippen molar-refractivity contribution >= 4 is 22.9 Å². The van der Waals surface area contributed by atoms with E-state index in [-0.39, 0.29) is 5.91 Å². The normalized spacial score (nSPS) is 10.9. The fourth-order valence-electron chi connectivity index (χ4n) is 1.95. The standard InChI is InChI=1S/C12H16N4O/c1-8-4-2-5-9-11(8)15-12(14)16(9)7-3-6-10(13)17/h2,4-5H,3,6-7H2,1H3,(H2,13,17)(H2,14,15). The average molecular weight is 232 g/mol. The number of hydrogen-bond donors (Lipinski definition) is 2. The number of nitrogens with zero attached hydrogens (tertiary/aromatic N) is 2. The molecule has 5 heteroatoms. The number of carbonyl (C=O) groups excluding carboxylic acids is 1. The molecule has 5 nitrogen and oxygen atoms in total. The van der Waals surface area contributed by atoms with Gasteiger partial charge in [0.05, 0.1) is 11.0 Å². The van der Waals surface area contributed by atoms with Gasteiger partial charge < -0.3 is 16.0 Å². The van der Waals surface area contributed by atoms with Gasteiger partial charge in [0, 0.05) is 13.0 Å². The summed E-state index contributed by atoms with van der Waals surface area (Å²) in [7, 11) is 0. The van der Waals surface area contributed by atoms with Gasteiger partial charge in [-0.1, -0.05) is 12.1 Å². The minimum absolute atomic E-state index is 0.288. The van der Waals surface area contributed by atoms with Crippen LogP contribution >= 0.6 is 0 Å². The third-order valence-electron chi connectivity index (χ3n) is 2.82. The van der Waals surface area contributed by atoms with Crippen LogP contribution in [0.4, 0.5) is 5.95 Å². The summed E-state index contributed by atoms with van der Waals surface area (Å²) in [6.07, 6.45) is 1.05. The van der Waals surface area contributed by atoms with Crippen molar-refractivity contribution in [3.05, 3.63) is 23.8 Å². The van der Waals surface area contributed by atoms with Gasteiger partial charge in [0.1, 0.15) is 0 Å². The Morgan fingerprint density at radius 1 is 1.47 bits per heavy atom. The van der Waals surface area contributed by atoms with E-state index in [9.17, 15) is 4.79 Å². The van der Waals surface area contributed by atoms with Gasteiger partial charge in [-0.2, -0.15) is 0 Å². The highest BCUT2D eigenvalue weighted by Gasteiger charge is 2.09. The number of nitrogen functional groups attached to an aromatic ring is 1. The zero-order valence-electron chi connectivity index (χ0n) is 9.81. The van der Waals surface area contributed by atoms with Gasteiger partial charge in [0.15, 0.2) is 0 Å². The number of primary amides is 1. The van der Waals surface area contributed by atoms with Gasteiger partial charge >= 0.3 is 0 Å². The molecule has 0 saturated carbocycles. The van der Waals surface area contributed by atoms with Crippen molar-refractivity contribution in [2.45, 2.75) is 26.3 Å². The Morgan fingerprint density at radius 2 is 2.24 bits per heavy atom. The van der Waals surface area contributed by atoms with E-state index < -0.39 is 0 Å². The van der Waals surface area contributed by atoms with E-state index in [4.69, 9.17) is 11.5 Å². The third kappa shape index (κ3) is 2.22. The predicted octanol–water partition coefficient (Wildman–Crippen LogP) is 1.19. The first-order valence-corrected chi connectivity index (χ1v) is 5.59. The largest absolute Gasteiger partial charge is 0.370 e. The molecule has 0 spiro atoms. The number of anilines is 1. The molecular weight excluding hydrogens is 216 g/mol. The van der Waals surface area contributed by atoms with E-state index in [0.29, 0.717) is 25.3 Å². The van der Waals surface area contributed by atoms with Gasteiger partial charge in [0.25, 0.3) is 0 Å². The van der Waals surface area contributed by atoms with Crippen molar-refractivity contribution in [3.8, 4) is 0 Å². The van der Waals surface area contributed by atoms with Crippen molar-refractivity contribution in [2.24, 2.45) is 5.73 Å². The maximum Gasteiger partial charge on any atom is 0.217 e. The average Bonchev–Trinajstić information content (AvgIpc) is 2.57. The maximum atomic E-state index is 10.7. The molecule has 0 aliphatic carbocycles. The fraction of sp³-hybridized carbons (Fsp3) is 0.333. The molecule has 0 atom stereocenters. The van der Waals surface area contributed by atoms with Gasteiger partial charge in [-0.25, -0.2) is 4.98 Å². The summed E-state index contributed by atoms with van der Waals surface area (Å²) >= 11 is 0. The molecule has 0 aliphatic rings. The Bertz CT molecular complexity index is 559. The summed E-state index contributed by atoms with van der Waals surface area (Å²) in [5.41, 5.74) is 14.0. The summed E-state index contributed by atoms with van der Waals surface area (Å²) in [5.74, 6) is 0.197. The third-order valence-corrected chi connectivity index (χ3v) is 2.82. The first-order valence-electron chi connectivity index (χ1n) is 5.59. The lowest BCUT2D eigenvalue weighted by atomic mass is 10.2. The first-order chi connectivity index (χ1) is 8.09. The van der Waals surface area contributed by atoms with Crippen molar-refractivity contribution in [1.29, 1.82) is 0 Å². The van der Waals surface area contributed by atoms with Crippen LogP contribution in [0, 0.1) is 6.92 Å². The molecule has 0 unspecified atom stereocenters. The fourth-order valence-corrected chi connectivity index (χ4v) is 1.95. The van der Waals surface area contributed by atoms with Crippen molar-refractivity contribution < 1.29 is 4.79 Å². The predicted molar refractivity (Wildman–Crippen MR) is 67.3 cm³/mol. The van der Waals surface area contributed by atoms with E-state index in [1.165, 1.54) is 0 Å². The Balaban J connectivity index is 2.30. The Labute approximate surface area is 99.4 Å². The molecule has 0 saturated heterocycles.